The van der Waals surface area contributed by atoms with Crippen LogP contribution in [0.2, 0.25) is 5.02 Å². The largest absolute Gasteiger partial charge is 0.496 e. The maximum Gasteiger partial charge on any atom is 0.310 e. The maximum absolute atomic E-state index is 14.7. The Bertz CT molecular complexity index is 1540. The molecule has 9 heteroatoms. The molecule has 4 aromatic rings. The highest BCUT2D eigenvalue weighted by Gasteiger charge is 2.34. The third-order valence-electron chi connectivity index (χ3n) is 5.83. The number of halogens is 1. The molecule has 0 heterocycles. The number of sulfonamides is 1. The van der Waals surface area contributed by atoms with Crippen LogP contribution in [0, 0.1) is 6.92 Å². The molecule has 0 aliphatic rings. The zero-order valence-corrected chi connectivity index (χ0v) is 23.1. The van der Waals surface area contributed by atoms with Crippen molar-refractivity contribution in [3.63, 3.8) is 0 Å². The number of methoxy groups -OCH3 is 1. The van der Waals surface area contributed by atoms with Gasteiger partial charge in [-0.25, -0.2) is 13.1 Å². The summed E-state index contributed by atoms with van der Waals surface area (Å²) in [4.78, 5) is 0.137. The Labute approximate surface area is 222 Å². The van der Waals surface area contributed by atoms with Gasteiger partial charge in [-0.3, -0.25) is 4.57 Å². The Balaban J connectivity index is 1.78. The van der Waals surface area contributed by atoms with Crippen LogP contribution in [0.3, 0.4) is 0 Å². The Kier molecular flexibility index (Phi) is 8.10. The van der Waals surface area contributed by atoms with E-state index >= 15 is 0 Å². The summed E-state index contributed by atoms with van der Waals surface area (Å²) in [5, 5.41) is 1.24. The van der Waals surface area contributed by atoms with E-state index < -0.39 is 23.4 Å². The quantitative estimate of drug-likeness (QED) is 0.256. The molecule has 0 unspecified atom stereocenters. The lowest BCUT2D eigenvalue weighted by Gasteiger charge is -2.25. The third-order valence-corrected chi connectivity index (χ3v) is 10.1. The van der Waals surface area contributed by atoms with Gasteiger partial charge in [0.05, 0.1) is 22.6 Å². The van der Waals surface area contributed by atoms with Crippen molar-refractivity contribution in [2.45, 2.75) is 24.8 Å². The van der Waals surface area contributed by atoms with E-state index in [4.69, 9.17) is 20.9 Å². The van der Waals surface area contributed by atoms with Gasteiger partial charge in [0.1, 0.15) is 11.5 Å². The molecule has 0 bridgehead atoms. The zero-order valence-electron chi connectivity index (χ0n) is 20.6. The molecule has 0 saturated heterocycles. The average molecular weight is 556 g/mol. The highest BCUT2D eigenvalue weighted by Crippen LogP contribution is 2.49. The van der Waals surface area contributed by atoms with Crippen LogP contribution in [-0.4, -0.2) is 15.5 Å². The fourth-order valence-corrected chi connectivity index (χ4v) is 7.53. The normalized spacial score (nSPS) is 13.9. The van der Waals surface area contributed by atoms with E-state index in [0.29, 0.717) is 26.9 Å². The van der Waals surface area contributed by atoms with E-state index in [0.717, 1.165) is 5.56 Å². The first kappa shape index (κ1) is 27.0. The maximum atomic E-state index is 14.7. The minimum atomic E-state index is -3.85. The second-order valence-corrected chi connectivity index (χ2v) is 12.9. The van der Waals surface area contributed by atoms with Crippen LogP contribution in [0.4, 0.5) is 0 Å². The van der Waals surface area contributed by atoms with Crippen molar-refractivity contribution in [3.8, 4) is 11.5 Å². The molecule has 37 heavy (non-hydrogen) atoms. The van der Waals surface area contributed by atoms with E-state index in [1.807, 2.05) is 13.0 Å². The smallest absolute Gasteiger partial charge is 0.310 e. The number of hydrogen-bond donors (Lipinski definition) is 1. The summed E-state index contributed by atoms with van der Waals surface area (Å²) in [6.45, 7) is 3.57. The van der Waals surface area contributed by atoms with Crippen LogP contribution < -0.4 is 24.6 Å². The average Bonchev–Trinajstić information content (AvgIpc) is 2.90. The number of rotatable bonds is 9. The van der Waals surface area contributed by atoms with Crippen LogP contribution >= 0.6 is 19.0 Å². The van der Waals surface area contributed by atoms with Gasteiger partial charge in [0.25, 0.3) is 0 Å². The van der Waals surface area contributed by atoms with E-state index in [9.17, 15) is 13.0 Å². The standard InChI is InChI=1S/C28H27ClNO5PS/c1-20-13-16-24(17-14-20)37(32,33)30-21(2)25-19-22(29)15-18-26(25)35-36(31,23-9-5-4-6-10-23)28-12-8-7-11-27(28)34-3/h4-19,21,30H,1-3H3/t21-,36+/m1/s1. The molecule has 0 saturated carbocycles. The van der Waals surface area contributed by atoms with E-state index in [-0.39, 0.29) is 10.6 Å². The van der Waals surface area contributed by atoms with Gasteiger partial charge in [-0.05, 0) is 68.4 Å². The molecule has 0 aliphatic carbocycles. The van der Waals surface area contributed by atoms with Crippen LogP contribution in [0.15, 0.2) is 102 Å². The summed E-state index contributed by atoms with van der Waals surface area (Å²) in [6.07, 6.45) is 0. The Hall–Kier alpha value is -3.09. The highest BCUT2D eigenvalue weighted by molar-refractivity contribution is 7.89. The van der Waals surface area contributed by atoms with Gasteiger partial charge in [0.15, 0.2) is 0 Å². The molecule has 6 nitrogen and oxygen atoms in total. The summed E-state index contributed by atoms with van der Waals surface area (Å²) in [5.74, 6) is 0.653. The molecular weight excluding hydrogens is 529 g/mol. The molecule has 1 N–H and O–H groups in total. The summed E-state index contributed by atoms with van der Waals surface area (Å²) in [7, 11) is -6.09. The second kappa shape index (κ2) is 11.1. The van der Waals surface area contributed by atoms with Crippen LogP contribution in [-0.2, 0) is 14.6 Å². The lowest BCUT2D eigenvalue weighted by atomic mass is 10.1. The van der Waals surface area contributed by atoms with Crippen molar-refractivity contribution in [2.24, 2.45) is 0 Å². The summed E-state index contributed by atoms with van der Waals surface area (Å²) in [6, 6.07) is 26.4. The van der Waals surface area contributed by atoms with Gasteiger partial charge in [0, 0.05) is 16.6 Å². The SMILES string of the molecule is COc1ccccc1[P@@](=O)(Oc1ccc(Cl)cc1[C@@H](C)NS(=O)(=O)c1ccc(C)cc1)c1ccccc1. The predicted octanol–water partition coefficient (Wildman–Crippen LogP) is 6.00. The molecule has 0 spiro atoms. The Morgan fingerprint density at radius 2 is 1.51 bits per heavy atom. The number of para-hydroxylation sites is 1. The third kappa shape index (κ3) is 5.91. The Morgan fingerprint density at radius 1 is 0.865 bits per heavy atom. The fourth-order valence-electron chi connectivity index (χ4n) is 3.90. The van der Waals surface area contributed by atoms with Gasteiger partial charge >= 0.3 is 7.37 Å². The van der Waals surface area contributed by atoms with E-state index in [1.165, 1.54) is 7.11 Å². The van der Waals surface area contributed by atoms with Gasteiger partial charge < -0.3 is 9.26 Å². The van der Waals surface area contributed by atoms with Crippen molar-refractivity contribution in [3.05, 3.63) is 113 Å². The van der Waals surface area contributed by atoms with Crippen molar-refractivity contribution < 1.29 is 22.2 Å². The fraction of sp³-hybridized carbons (Fsp3) is 0.143. The molecule has 0 amide bonds. The first-order valence-corrected chi connectivity index (χ1v) is 15.0. The highest BCUT2D eigenvalue weighted by atomic mass is 35.5. The minimum absolute atomic E-state index is 0.137. The zero-order chi connectivity index (χ0) is 26.6. The van der Waals surface area contributed by atoms with Gasteiger partial charge in [-0.1, -0.05) is 59.6 Å². The second-order valence-electron chi connectivity index (χ2n) is 8.49. The molecule has 4 aromatic carbocycles. The number of ether oxygens (including phenoxy) is 1. The number of hydrogen-bond acceptors (Lipinski definition) is 5. The molecular formula is C28H27ClNO5PS. The van der Waals surface area contributed by atoms with Crippen LogP contribution in [0.1, 0.15) is 24.1 Å². The lowest BCUT2D eigenvalue weighted by Crippen LogP contribution is -2.28. The summed E-state index contributed by atoms with van der Waals surface area (Å²) < 4.78 is 55.4. The van der Waals surface area contributed by atoms with Crippen LogP contribution in [0.5, 0.6) is 11.5 Å². The predicted molar refractivity (Wildman–Crippen MR) is 148 cm³/mol. The molecule has 0 aromatic heterocycles. The first-order chi connectivity index (χ1) is 17.6. The number of aryl methyl sites for hydroxylation is 1. The van der Waals surface area contributed by atoms with Crippen molar-refractivity contribution in [1.82, 2.24) is 4.72 Å². The lowest BCUT2D eigenvalue weighted by molar-refractivity contribution is 0.416. The van der Waals surface area contributed by atoms with E-state index in [1.54, 1.807) is 97.9 Å². The molecule has 0 radical (unpaired) electrons. The van der Waals surface area contributed by atoms with E-state index in [2.05, 4.69) is 4.72 Å². The Morgan fingerprint density at radius 3 is 2.19 bits per heavy atom. The van der Waals surface area contributed by atoms with Gasteiger partial charge in [-0.2, -0.15) is 0 Å². The first-order valence-electron chi connectivity index (χ1n) is 11.5. The molecule has 0 fully saturated rings. The van der Waals surface area contributed by atoms with Gasteiger partial charge in [0.2, 0.25) is 10.0 Å². The molecule has 2 atom stereocenters. The van der Waals surface area contributed by atoms with Gasteiger partial charge in [-0.15, -0.1) is 0 Å². The number of benzene rings is 4. The van der Waals surface area contributed by atoms with Crippen molar-refractivity contribution in [2.75, 3.05) is 7.11 Å². The molecule has 0 aliphatic heterocycles. The topological polar surface area (TPSA) is 81.7 Å². The van der Waals surface area contributed by atoms with Crippen LogP contribution in [0.25, 0.3) is 0 Å². The minimum Gasteiger partial charge on any atom is -0.496 e. The molecule has 192 valence electrons. The number of nitrogens with one attached hydrogen (secondary N) is 1. The monoisotopic (exact) mass is 555 g/mol. The summed E-state index contributed by atoms with van der Waals surface area (Å²) in [5.41, 5.74) is 1.39. The van der Waals surface area contributed by atoms with Crippen molar-refractivity contribution >= 4 is 39.6 Å². The van der Waals surface area contributed by atoms with Crippen molar-refractivity contribution in [1.29, 1.82) is 0 Å². The molecule has 4 rings (SSSR count). The summed E-state index contributed by atoms with van der Waals surface area (Å²) >= 11 is 6.30.